The van der Waals surface area contributed by atoms with Gasteiger partial charge in [0, 0.05) is 6.54 Å². The number of ketones is 1. The van der Waals surface area contributed by atoms with Gasteiger partial charge in [-0.3, -0.25) is 9.69 Å². The molecule has 0 aliphatic carbocycles. The van der Waals surface area contributed by atoms with Gasteiger partial charge in [0.15, 0.2) is 5.78 Å². The van der Waals surface area contributed by atoms with Gasteiger partial charge < -0.3 is 9.47 Å². The van der Waals surface area contributed by atoms with Crippen molar-refractivity contribution in [3.05, 3.63) is 108 Å². The normalized spacial score (nSPS) is 12.0. The molecule has 0 spiro atoms. The summed E-state index contributed by atoms with van der Waals surface area (Å²) in [5, 5.41) is 0. The summed E-state index contributed by atoms with van der Waals surface area (Å²) in [6, 6.07) is 28.4. The van der Waals surface area contributed by atoms with Crippen LogP contribution in [-0.2, 0) is 43.9 Å². The van der Waals surface area contributed by atoms with Crippen LogP contribution in [0.3, 0.4) is 0 Å². The van der Waals surface area contributed by atoms with E-state index in [0.717, 1.165) is 29.5 Å². The zero-order valence-corrected chi connectivity index (χ0v) is 24.4. The second-order valence-electron chi connectivity index (χ2n) is 9.85. The van der Waals surface area contributed by atoms with Crippen molar-refractivity contribution in [1.82, 2.24) is 9.62 Å². The predicted octanol–water partition coefficient (Wildman–Crippen LogP) is 5.48. The van der Waals surface area contributed by atoms with Crippen molar-refractivity contribution < 1.29 is 27.5 Å². The van der Waals surface area contributed by atoms with Crippen molar-refractivity contribution in [2.45, 2.75) is 58.3 Å². The third kappa shape index (κ3) is 12.3. The molecule has 3 rings (SSSR count). The Kier molecular flexibility index (Phi) is 13.5. The maximum Gasteiger partial charge on any atom is 0.411 e. The Balaban J connectivity index is 1.60. The molecule has 0 bridgehead atoms. The average molecular weight is 581 g/mol. The molecule has 1 N–H and O–H groups in total. The van der Waals surface area contributed by atoms with E-state index in [4.69, 9.17) is 9.47 Å². The number of Topliss-reactive ketones (excluding diaryl/α,β-unsaturated/α-hetero) is 1. The first-order chi connectivity index (χ1) is 19.9. The van der Waals surface area contributed by atoms with Crippen LogP contribution in [0.4, 0.5) is 4.79 Å². The summed E-state index contributed by atoms with van der Waals surface area (Å²) in [6.07, 6.45) is 1.91. The van der Waals surface area contributed by atoms with Crippen LogP contribution in [0.15, 0.2) is 91.0 Å². The Hall–Kier alpha value is -3.53. The number of hydrogen-bond donors (Lipinski definition) is 1. The number of ether oxygens (including phenoxy) is 2. The second-order valence-corrected chi connectivity index (χ2v) is 11.6. The molecule has 0 saturated carbocycles. The van der Waals surface area contributed by atoms with Gasteiger partial charge in [0.05, 0.1) is 13.2 Å². The third-order valence-electron chi connectivity index (χ3n) is 6.48. The molecule has 1 amide bonds. The van der Waals surface area contributed by atoms with E-state index in [1.165, 1.54) is 4.90 Å². The monoisotopic (exact) mass is 580 g/mol. The van der Waals surface area contributed by atoms with E-state index in [1.54, 1.807) is 0 Å². The second kappa shape index (κ2) is 17.3. The molecule has 3 aromatic rings. The molecule has 0 saturated heterocycles. The highest BCUT2D eigenvalue weighted by Crippen LogP contribution is 2.12. The molecule has 0 aromatic heterocycles. The van der Waals surface area contributed by atoms with Crippen molar-refractivity contribution in [2.75, 3.05) is 19.0 Å². The van der Waals surface area contributed by atoms with Crippen LogP contribution in [0.2, 0.25) is 0 Å². The zero-order valence-electron chi connectivity index (χ0n) is 23.6. The highest BCUT2D eigenvalue weighted by atomic mass is 32.2. The standard InChI is InChI=1S/C32H40N2O6S/c1-2-3-13-22-34(32(36)40-25-29-18-11-6-12-19-29)26-41(37,38)33-23-30(35)31(21-20-27-14-7-4-8-15-27)39-24-28-16-9-5-10-17-28/h4-12,14-19,31,33H,2-3,13,20-26H2,1H3. The molecule has 220 valence electrons. The summed E-state index contributed by atoms with van der Waals surface area (Å²) in [4.78, 5) is 27.1. The molecule has 41 heavy (non-hydrogen) atoms. The van der Waals surface area contributed by atoms with Gasteiger partial charge in [-0.1, -0.05) is 111 Å². The smallest absolute Gasteiger partial charge is 0.411 e. The number of amides is 1. The highest BCUT2D eigenvalue weighted by Gasteiger charge is 2.25. The summed E-state index contributed by atoms with van der Waals surface area (Å²) in [5.41, 5.74) is 2.78. The SMILES string of the molecule is CCCCCN(CS(=O)(=O)NCC(=O)C(CCc1ccccc1)OCc1ccccc1)C(=O)OCc1ccccc1. The van der Waals surface area contributed by atoms with Gasteiger partial charge in [-0.05, 0) is 36.0 Å². The number of hydrogen-bond acceptors (Lipinski definition) is 6. The molecule has 0 heterocycles. The largest absolute Gasteiger partial charge is 0.445 e. The number of unbranched alkanes of at least 4 members (excludes halogenated alkanes) is 2. The highest BCUT2D eigenvalue weighted by molar-refractivity contribution is 7.89. The van der Waals surface area contributed by atoms with Gasteiger partial charge in [0.2, 0.25) is 10.0 Å². The molecule has 0 aliphatic heterocycles. The van der Waals surface area contributed by atoms with Gasteiger partial charge in [0.25, 0.3) is 0 Å². The van der Waals surface area contributed by atoms with Crippen LogP contribution < -0.4 is 4.72 Å². The fourth-order valence-corrected chi connectivity index (χ4v) is 5.27. The first-order valence-electron chi connectivity index (χ1n) is 14.0. The lowest BCUT2D eigenvalue weighted by molar-refractivity contribution is -0.130. The lowest BCUT2D eigenvalue weighted by Gasteiger charge is -2.23. The molecule has 1 atom stereocenters. The van der Waals surface area contributed by atoms with E-state index >= 15 is 0 Å². The third-order valence-corrected chi connectivity index (χ3v) is 7.71. The van der Waals surface area contributed by atoms with Crippen molar-refractivity contribution in [1.29, 1.82) is 0 Å². The number of aryl methyl sites for hydroxylation is 1. The molecular weight excluding hydrogens is 540 g/mol. The van der Waals surface area contributed by atoms with Crippen LogP contribution in [0.1, 0.15) is 49.3 Å². The summed E-state index contributed by atoms with van der Waals surface area (Å²) < 4.78 is 39.7. The topological polar surface area (TPSA) is 102 Å². The maximum absolute atomic E-state index is 13.2. The first kappa shape index (κ1) is 32.0. The van der Waals surface area contributed by atoms with Gasteiger partial charge in [-0.15, -0.1) is 0 Å². The molecule has 0 radical (unpaired) electrons. The minimum absolute atomic E-state index is 0.0394. The number of nitrogens with zero attached hydrogens (tertiary/aromatic N) is 1. The average Bonchev–Trinajstić information content (AvgIpc) is 3.00. The molecule has 1 unspecified atom stereocenters. The Bertz CT molecular complexity index is 1240. The number of benzene rings is 3. The van der Waals surface area contributed by atoms with Crippen molar-refractivity contribution in [3.8, 4) is 0 Å². The van der Waals surface area contributed by atoms with Crippen molar-refractivity contribution in [2.24, 2.45) is 0 Å². The fourth-order valence-electron chi connectivity index (χ4n) is 4.17. The summed E-state index contributed by atoms with van der Waals surface area (Å²) in [5.74, 6) is -0.971. The summed E-state index contributed by atoms with van der Waals surface area (Å²) in [6.45, 7) is 2.10. The quantitative estimate of drug-likeness (QED) is 0.200. The Morgan fingerprint density at radius 3 is 1.95 bits per heavy atom. The van der Waals surface area contributed by atoms with Crippen LogP contribution in [0.5, 0.6) is 0 Å². The minimum atomic E-state index is -4.01. The number of rotatable bonds is 18. The van der Waals surface area contributed by atoms with Crippen LogP contribution >= 0.6 is 0 Å². The van der Waals surface area contributed by atoms with Gasteiger partial charge in [-0.25, -0.2) is 17.9 Å². The van der Waals surface area contributed by atoms with E-state index in [1.807, 2.05) is 97.9 Å². The zero-order chi connectivity index (χ0) is 29.3. The first-order valence-corrected chi connectivity index (χ1v) is 15.7. The van der Waals surface area contributed by atoms with Gasteiger partial charge >= 0.3 is 6.09 Å². The lowest BCUT2D eigenvalue weighted by Crippen LogP contribution is -2.44. The fraction of sp³-hybridized carbons (Fsp3) is 0.375. The van der Waals surface area contributed by atoms with E-state index in [2.05, 4.69) is 4.72 Å². The molecule has 3 aromatic carbocycles. The summed E-state index contributed by atoms with van der Waals surface area (Å²) in [7, 11) is -4.01. The van der Waals surface area contributed by atoms with Crippen molar-refractivity contribution >= 4 is 21.9 Å². The molecular formula is C32H40N2O6S. The van der Waals surface area contributed by atoms with Crippen LogP contribution in [0, 0.1) is 0 Å². The number of carbonyl (C=O) groups excluding carboxylic acids is 2. The van der Waals surface area contributed by atoms with Crippen LogP contribution in [-0.4, -0.2) is 50.3 Å². The Labute approximate surface area is 243 Å². The van der Waals surface area contributed by atoms with Gasteiger partial charge in [0.1, 0.15) is 18.6 Å². The maximum atomic E-state index is 13.2. The van der Waals surface area contributed by atoms with E-state index < -0.39 is 34.6 Å². The van der Waals surface area contributed by atoms with Gasteiger partial charge in [-0.2, -0.15) is 0 Å². The Morgan fingerprint density at radius 1 is 0.805 bits per heavy atom. The Morgan fingerprint density at radius 2 is 1.37 bits per heavy atom. The molecule has 9 heteroatoms. The summed E-state index contributed by atoms with van der Waals surface area (Å²) >= 11 is 0. The molecule has 8 nitrogen and oxygen atoms in total. The van der Waals surface area contributed by atoms with Crippen LogP contribution in [0.25, 0.3) is 0 Å². The molecule has 0 fully saturated rings. The number of nitrogens with one attached hydrogen (secondary N) is 1. The number of sulfonamides is 1. The minimum Gasteiger partial charge on any atom is -0.445 e. The van der Waals surface area contributed by atoms with E-state index in [9.17, 15) is 18.0 Å². The van der Waals surface area contributed by atoms with E-state index in [-0.39, 0.29) is 25.5 Å². The van der Waals surface area contributed by atoms with E-state index in [0.29, 0.717) is 19.3 Å². The lowest BCUT2D eigenvalue weighted by atomic mass is 10.0. The predicted molar refractivity (Wildman–Crippen MR) is 159 cm³/mol. The molecule has 0 aliphatic rings. The van der Waals surface area contributed by atoms with Crippen molar-refractivity contribution in [3.63, 3.8) is 0 Å². The number of carbonyl (C=O) groups is 2.